The van der Waals surface area contributed by atoms with Crippen molar-refractivity contribution in [1.82, 2.24) is 10.2 Å². The molecule has 0 aliphatic heterocycles. The van der Waals surface area contributed by atoms with E-state index in [0.29, 0.717) is 0 Å². The molecule has 0 aromatic heterocycles. The molecule has 0 aromatic carbocycles. The largest absolute Gasteiger partial charge is 0.481 e. The molecule has 0 aliphatic rings. The molecule has 8 heteroatoms. The number of hydrogen-bond donors (Lipinski definition) is 4. The fourth-order valence-corrected chi connectivity index (χ4v) is 0.771. The molecule has 0 aliphatic carbocycles. The third-order valence-electron chi connectivity index (χ3n) is 2.07. The lowest BCUT2D eigenvalue weighted by atomic mass is 10.1. The maximum absolute atomic E-state index is 10.5. The van der Waals surface area contributed by atoms with Crippen molar-refractivity contribution >= 4 is 17.8 Å². The number of aliphatic hydroxyl groups is 1. The van der Waals surface area contributed by atoms with Crippen LogP contribution in [0, 0.1) is 0 Å². The normalized spacial score (nSPS) is 12.9. The SMILES string of the molecule is CC(=O)N[C@@H](CCC(=O)O)C(=O)O.CC(O)N(C)C. The fourth-order valence-electron chi connectivity index (χ4n) is 0.771. The van der Waals surface area contributed by atoms with Crippen LogP contribution in [0.4, 0.5) is 0 Å². The van der Waals surface area contributed by atoms with E-state index in [4.69, 9.17) is 15.3 Å². The number of aliphatic hydroxyl groups excluding tert-OH is 1. The van der Waals surface area contributed by atoms with Crippen molar-refractivity contribution in [1.29, 1.82) is 0 Å². The van der Waals surface area contributed by atoms with Gasteiger partial charge in [0.05, 0.1) is 0 Å². The van der Waals surface area contributed by atoms with Crippen molar-refractivity contribution in [2.24, 2.45) is 0 Å². The molecule has 0 saturated carbocycles. The lowest BCUT2D eigenvalue weighted by molar-refractivity contribution is -0.142. The number of carboxylic acids is 2. The predicted octanol–water partition coefficient (Wildman–Crippen LogP) is -0.673. The highest BCUT2D eigenvalue weighted by atomic mass is 16.4. The van der Waals surface area contributed by atoms with Gasteiger partial charge in [0.15, 0.2) is 0 Å². The minimum Gasteiger partial charge on any atom is -0.481 e. The molecule has 0 fully saturated rings. The Morgan fingerprint density at radius 1 is 1.21 bits per heavy atom. The van der Waals surface area contributed by atoms with Gasteiger partial charge in [-0.25, -0.2) is 4.79 Å². The molecule has 4 N–H and O–H groups in total. The van der Waals surface area contributed by atoms with Crippen LogP contribution in [-0.4, -0.2) is 64.4 Å². The smallest absolute Gasteiger partial charge is 0.326 e. The summed E-state index contributed by atoms with van der Waals surface area (Å²) in [7, 11) is 3.65. The number of aliphatic carboxylic acids is 2. The fraction of sp³-hybridized carbons (Fsp3) is 0.727. The van der Waals surface area contributed by atoms with E-state index in [-0.39, 0.29) is 19.1 Å². The topological polar surface area (TPSA) is 127 Å². The van der Waals surface area contributed by atoms with Crippen LogP contribution in [-0.2, 0) is 14.4 Å². The van der Waals surface area contributed by atoms with Gasteiger partial charge < -0.3 is 20.6 Å². The van der Waals surface area contributed by atoms with Crippen molar-refractivity contribution < 1.29 is 29.7 Å². The number of nitrogens with one attached hydrogen (secondary N) is 1. The molecule has 0 aromatic rings. The quantitative estimate of drug-likeness (QED) is 0.474. The van der Waals surface area contributed by atoms with Crippen LogP contribution in [0.1, 0.15) is 26.7 Å². The summed E-state index contributed by atoms with van der Waals surface area (Å²) in [6.07, 6.45) is -0.702. The lowest BCUT2D eigenvalue weighted by Gasteiger charge is -2.11. The van der Waals surface area contributed by atoms with E-state index < -0.39 is 23.9 Å². The molecule has 0 rings (SSSR count). The van der Waals surface area contributed by atoms with Gasteiger partial charge in [0.1, 0.15) is 12.3 Å². The van der Waals surface area contributed by atoms with Crippen molar-refractivity contribution in [2.45, 2.75) is 39.0 Å². The third kappa shape index (κ3) is 14.3. The van der Waals surface area contributed by atoms with E-state index in [0.717, 1.165) is 0 Å². The van der Waals surface area contributed by atoms with E-state index in [9.17, 15) is 14.4 Å². The zero-order valence-corrected chi connectivity index (χ0v) is 11.6. The van der Waals surface area contributed by atoms with E-state index in [2.05, 4.69) is 5.32 Å². The van der Waals surface area contributed by atoms with E-state index in [1.807, 2.05) is 14.1 Å². The Kier molecular flexibility index (Phi) is 10.6. The molecule has 0 radical (unpaired) electrons. The Balaban J connectivity index is 0. The highest BCUT2D eigenvalue weighted by molar-refractivity contribution is 5.82. The van der Waals surface area contributed by atoms with Gasteiger partial charge in [-0.15, -0.1) is 0 Å². The van der Waals surface area contributed by atoms with Crippen LogP contribution >= 0.6 is 0 Å². The van der Waals surface area contributed by atoms with E-state index in [1.165, 1.54) is 6.92 Å². The van der Waals surface area contributed by atoms with Crippen LogP contribution in [0.15, 0.2) is 0 Å². The molecule has 2 atom stereocenters. The molecule has 0 bridgehead atoms. The Labute approximate surface area is 112 Å². The number of carbonyl (C=O) groups excluding carboxylic acids is 1. The van der Waals surface area contributed by atoms with Gasteiger partial charge in [-0.05, 0) is 27.4 Å². The van der Waals surface area contributed by atoms with E-state index in [1.54, 1.807) is 11.8 Å². The predicted molar refractivity (Wildman–Crippen MR) is 67.5 cm³/mol. The van der Waals surface area contributed by atoms with Crippen molar-refractivity contribution in [3.05, 3.63) is 0 Å². The minimum atomic E-state index is -1.23. The van der Waals surface area contributed by atoms with Crippen molar-refractivity contribution in [3.63, 3.8) is 0 Å². The molecular weight excluding hydrogens is 256 g/mol. The van der Waals surface area contributed by atoms with Crippen molar-refractivity contribution in [2.75, 3.05) is 14.1 Å². The highest BCUT2D eigenvalue weighted by Gasteiger charge is 2.18. The summed E-state index contributed by atoms with van der Waals surface area (Å²) in [6, 6.07) is -1.12. The summed E-state index contributed by atoms with van der Waals surface area (Å²) >= 11 is 0. The van der Waals surface area contributed by atoms with Gasteiger partial charge in [0, 0.05) is 13.3 Å². The standard InChI is InChI=1S/C7H11NO5.C4H11NO/c1-4(9)8-5(7(12)13)2-3-6(10)11;1-4(6)5(2)3/h5H,2-3H2,1H3,(H,8,9)(H,10,11)(H,12,13);4,6H,1-3H3/t5-;/m0./s1. The summed E-state index contributed by atoms with van der Waals surface area (Å²) < 4.78 is 0. The molecule has 0 spiro atoms. The first-order valence-electron chi connectivity index (χ1n) is 5.64. The van der Waals surface area contributed by atoms with Crippen LogP contribution in [0.3, 0.4) is 0 Å². The summed E-state index contributed by atoms with van der Waals surface area (Å²) in [5, 5.41) is 27.5. The number of hydrogen-bond acceptors (Lipinski definition) is 5. The summed E-state index contributed by atoms with van der Waals surface area (Å²) in [4.78, 5) is 32.7. The maximum atomic E-state index is 10.5. The number of carboxylic acid groups (broad SMARTS) is 2. The number of amides is 1. The van der Waals surface area contributed by atoms with Crippen LogP contribution < -0.4 is 5.32 Å². The Bertz CT molecular complexity index is 298. The zero-order chi connectivity index (χ0) is 15.6. The van der Waals surface area contributed by atoms with Crippen LogP contribution in [0.5, 0.6) is 0 Å². The van der Waals surface area contributed by atoms with Gasteiger partial charge in [0.25, 0.3) is 0 Å². The van der Waals surface area contributed by atoms with Crippen LogP contribution in [0.2, 0.25) is 0 Å². The Hall–Kier alpha value is -1.67. The summed E-state index contributed by atoms with van der Waals surface area (Å²) in [5.41, 5.74) is 0. The molecule has 0 saturated heterocycles. The first-order chi connectivity index (χ1) is 8.57. The molecule has 19 heavy (non-hydrogen) atoms. The third-order valence-corrected chi connectivity index (χ3v) is 2.07. The molecular formula is C11H22N2O6. The molecule has 1 unspecified atom stereocenters. The minimum absolute atomic E-state index is 0.107. The highest BCUT2D eigenvalue weighted by Crippen LogP contribution is 1.97. The van der Waals surface area contributed by atoms with Crippen molar-refractivity contribution in [3.8, 4) is 0 Å². The first kappa shape index (κ1) is 19.7. The Morgan fingerprint density at radius 3 is 1.84 bits per heavy atom. The molecule has 8 nitrogen and oxygen atoms in total. The molecule has 1 amide bonds. The number of rotatable bonds is 6. The second-order valence-electron chi connectivity index (χ2n) is 4.12. The second kappa shape index (κ2) is 10.3. The lowest BCUT2D eigenvalue weighted by Crippen LogP contribution is -2.39. The van der Waals surface area contributed by atoms with Gasteiger partial charge in [-0.2, -0.15) is 0 Å². The van der Waals surface area contributed by atoms with Gasteiger partial charge in [-0.3, -0.25) is 14.5 Å². The van der Waals surface area contributed by atoms with Gasteiger partial charge >= 0.3 is 11.9 Å². The monoisotopic (exact) mass is 278 g/mol. The Morgan fingerprint density at radius 2 is 1.63 bits per heavy atom. The summed E-state index contributed by atoms with van der Waals surface area (Å²) in [6.45, 7) is 2.90. The van der Waals surface area contributed by atoms with Gasteiger partial charge in [0.2, 0.25) is 5.91 Å². The second-order valence-corrected chi connectivity index (χ2v) is 4.12. The van der Waals surface area contributed by atoms with E-state index >= 15 is 0 Å². The maximum Gasteiger partial charge on any atom is 0.326 e. The average Bonchev–Trinajstić information content (AvgIpc) is 2.23. The number of carbonyl (C=O) groups is 3. The molecule has 0 heterocycles. The summed E-state index contributed by atoms with van der Waals surface area (Å²) in [5.74, 6) is -2.80. The van der Waals surface area contributed by atoms with Crippen LogP contribution in [0.25, 0.3) is 0 Å². The first-order valence-corrected chi connectivity index (χ1v) is 5.64. The van der Waals surface area contributed by atoms with Gasteiger partial charge in [-0.1, -0.05) is 0 Å². The molecule has 112 valence electrons. The average molecular weight is 278 g/mol. The number of nitrogens with zero attached hydrogens (tertiary/aromatic N) is 1. The zero-order valence-electron chi connectivity index (χ0n) is 11.6.